The van der Waals surface area contributed by atoms with Gasteiger partial charge in [0.05, 0.1) is 4.90 Å². The standard InChI is InChI=1S/C18H16BrF4NO3S/c19-13-8-12(9-14(20)10-13)17(7-11-1-2-11)24-28(25,26)16-5-3-15(4-6-16)27-18(21,22)23/h3-6,8-11,17,24H,1-2,7H2. The summed E-state index contributed by atoms with van der Waals surface area (Å²) in [7, 11) is -4.04. The maximum atomic E-state index is 13.8. The molecule has 2 aromatic carbocycles. The predicted molar refractivity (Wildman–Crippen MR) is 97.6 cm³/mol. The van der Waals surface area contributed by atoms with Crippen LogP contribution in [0.1, 0.15) is 30.9 Å². The summed E-state index contributed by atoms with van der Waals surface area (Å²) in [6.07, 6.45) is -2.42. The smallest absolute Gasteiger partial charge is 0.406 e. The summed E-state index contributed by atoms with van der Waals surface area (Å²) in [6, 6.07) is 7.42. The second-order valence-corrected chi connectivity index (χ2v) is 9.20. The Balaban J connectivity index is 1.82. The molecule has 28 heavy (non-hydrogen) atoms. The van der Waals surface area contributed by atoms with Crippen molar-refractivity contribution in [2.24, 2.45) is 5.92 Å². The molecule has 0 saturated heterocycles. The van der Waals surface area contributed by atoms with Crippen molar-refractivity contribution in [1.82, 2.24) is 4.72 Å². The third-order valence-electron chi connectivity index (χ3n) is 4.22. The van der Waals surface area contributed by atoms with E-state index in [1.165, 1.54) is 12.1 Å². The lowest BCUT2D eigenvalue weighted by molar-refractivity contribution is -0.274. The predicted octanol–water partition coefficient (Wildman–Crippen LogP) is 5.31. The molecule has 1 aliphatic rings. The van der Waals surface area contributed by atoms with Crippen LogP contribution in [0.25, 0.3) is 0 Å². The number of alkyl halides is 3. The fraction of sp³-hybridized carbons (Fsp3) is 0.333. The number of hydrogen-bond donors (Lipinski definition) is 1. The van der Waals surface area contributed by atoms with Gasteiger partial charge in [0.25, 0.3) is 0 Å². The van der Waals surface area contributed by atoms with E-state index >= 15 is 0 Å². The normalized spacial score (nSPS) is 16.0. The molecule has 1 aliphatic carbocycles. The zero-order valence-corrected chi connectivity index (χ0v) is 16.7. The largest absolute Gasteiger partial charge is 0.573 e. The van der Waals surface area contributed by atoms with Crippen LogP contribution in [0.5, 0.6) is 5.75 Å². The Morgan fingerprint density at radius 3 is 2.32 bits per heavy atom. The van der Waals surface area contributed by atoms with Crippen molar-refractivity contribution < 1.29 is 30.7 Å². The molecule has 152 valence electrons. The Hall–Kier alpha value is -1.65. The Kier molecular flexibility index (Phi) is 6.02. The number of rotatable bonds is 7. The van der Waals surface area contributed by atoms with Gasteiger partial charge in [-0.15, -0.1) is 13.2 Å². The van der Waals surface area contributed by atoms with Gasteiger partial charge < -0.3 is 4.74 Å². The molecule has 1 unspecified atom stereocenters. The van der Waals surface area contributed by atoms with E-state index in [1.807, 2.05) is 0 Å². The minimum atomic E-state index is -4.86. The first kappa shape index (κ1) is 21.1. The van der Waals surface area contributed by atoms with Crippen LogP contribution in [-0.2, 0) is 10.0 Å². The van der Waals surface area contributed by atoms with Crippen molar-refractivity contribution in [3.05, 3.63) is 58.3 Å². The average molecular weight is 482 g/mol. The Morgan fingerprint density at radius 1 is 1.14 bits per heavy atom. The topological polar surface area (TPSA) is 55.4 Å². The van der Waals surface area contributed by atoms with Crippen LogP contribution < -0.4 is 9.46 Å². The third kappa shape index (κ3) is 5.92. The summed E-state index contributed by atoms with van der Waals surface area (Å²) in [5.74, 6) is -0.676. The highest BCUT2D eigenvalue weighted by atomic mass is 79.9. The van der Waals surface area contributed by atoms with Gasteiger partial charge in [-0.25, -0.2) is 17.5 Å². The SMILES string of the molecule is O=S(=O)(NC(CC1CC1)c1cc(F)cc(Br)c1)c1ccc(OC(F)(F)F)cc1. The van der Waals surface area contributed by atoms with Gasteiger partial charge in [-0.05, 0) is 60.4 Å². The molecule has 1 fully saturated rings. The molecule has 1 saturated carbocycles. The van der Waals surface area contributed by atoms with Crippen LogP contribution in [0, 0.1) is 11.7 Å². The van der Waals surface area contributed by atoms with Crippen molar-refractivity contribution >= 4 is 26.0 Å². The molecule has 1 atom stereocenters. The number of nitrogens with one attached hydrogen (secondary N) is 1. The van der Waals surface area contributed by atoms with Gasteiger partial charge >= 0.3 is 6.36 Å². The summed E-state index contributed by atoms with van der Waals surface area (Å²) < 4.78 is 82.7. The minimum Gasteiger partial charge on any atom is -0.406 e. The van der Waals surface area contributed by atoms with Crippen LogP contribution in [0.4, 0.5) is 17.6 Å². The van der Waals surface area contributed by atoms with E-state index in [2.05, 4.69) is 25.4 Å². The summed E-state index contributed by atoms with van der Waals surface area (Å²) >= 11 is 3.20. The molecule has 10 heteroatoms. The van der Waals surface area contributed by atoms with Crippen LogP contribution in [0.15, 0.2) is 51.8 Å². The molecular formula is C18H16BrF4NO3S. The lowest BCUT2D eigenvalue weighted by Crippen LogP contribution is -2.29. The zero-order chi connectivity index (χ0) is 20.5. The summed E-state index contributed by atoms with van der Waals surface area (Å²) in [6.45, 7) is 0. The second kappa shape index (κ2) is 8.00. The lowest BCUT2D eigenvalue weighted by atomic mass is 10.0. The molecule has 0 bridgehead atoms. The van der Waals surface area contributed by atoms with E-state index in [1.54, 1.807) is 6.07 Å². The van der Waals surface area contributed by atoms with Crippen LogP contribution in [0.2, 0.25) is 0 Å². The van der Waals surface area contributed by atoms with Crippen molar-refractivity contribution in [3.8, 4) is 5.75 Å². The fourth-order valence-electron chi connectivity index (χ4n) is 2.79. The van der Waals surface area contributed by atoms with E-state index in [9.17, 15) is 26.0 Å². The van der Waals surface area contributed by atoms with Gasteiger partial charge in [0.15, 0.2) is 0 Å². The molecule has 4 nitrogen and oxygen atoms in total. The zero-order valence-electron chi connectivity index (χ0n) is 14.3. The molecule has 0 aliphatic heterocycles. The molecule has 2 aromatic rings. The third-order valence-corrected chi connectivity index (χ3v) is 6.16. The molecule has 0 amide bonds. The number of ether oxygens (including phenoxy) is 1. The number of benzene rings is 2. The summed E-state index contributed by atoms with van der Waals surface area (Å²) in [5, 5.41) is 0. The average Bonchev–Trinajstić information content (AvgIpc) is 3.36. The van der Waals surface area contributed by atoms with Crippen LogP contribution >= 0.6 is 15.9 Å². The molecule has 1 N–H and O–H groups in total. The van der Waals surface area contributed by atoms with E-state index < -0.39 is 34.0 Å². The van der Waals surface area contributed by atoms with Gasteiger partial charge in [-0.3, -0.25) is 0 Å². The monoisotopic (exact) mass is 481 g/mol. The molecule has 0 aromatic heterocycles. The van der Waals surface area contributed by atoms with Gasteiger partial charge in [-0.1, -0.05) is 28.8 Å². The first-order valence-electron chi connectivity index (χ1n) is 8.36. The van der Waals surface area contributed by atoms with Gasteiger partial charge in [0.2, 0.25) is 10.0 Å². The molecule has 0 spiro atoms. The molecular weight excluding hydrogens is 466 g/mol. The lowest BCUT2D eigenvalue weighted by Gasteiger charge is -2.20. The first-order chi connectivity index (χ1) is 13.0. The van der Waals surface area contributed by atoms with Gasteiger partial charge in [0.1, 0.15) is 11.6 Å². The first-order valence-corrected chi connectivity index (χ1v) is 10.6. The van der Waals surface area contributed by atoms with Crippen molar-refractivity contribution in [2.45, 2.75) is 36.6 Å². The number of hydrogen-bond acceptors (Lipinski definition) is 3. The quantitative estimate of drug-likeness (QED) is 0.545. The minimum absolute atomic E-state index is 0.210. The highest BCUT2D eigenvalue weighted by molar-refractivity contribution is 9.10. The highest BCUT2D eigenvalue weighted by Crippen LogP contribution is 2.39. The van der Waals surface area contributed by atoms with Crippen LogP contribution in [-0.4, -0.2) is 14.8 Å². The maximum Gasteiger partial charge on any atom is 0.573 e. The van der Waals surface area contributed by atoms with Gasteiger partial charge in [0, 0.05) is 10.5 Å². The van der Waals surface area contributed by atoms with Gasteiger partial charge in [-0.2, -0.15) is 0 Å². The van der Waals surface area contributed by atoms with Crippen molar-refractivity contribution in [2.75, 3.05) is 0 Å². The van der Waals surface area contributed by atoms with E-state index in [0.29, 0.717) is 22.4 Å². The second-order valence-electron chi connectivity index (χ2n) is 6.57. The summed E-state index contributed by atoms with van der Waals surface area (Å²) in [5.41, 5.74) is 0.472. The van der Waals surface area contributed by atoms with E-state index in [4.69, 9.17) is 0 Å². The molecule has 0 radical (unpaired) electrons. The van der Waals surface area contributed by atoms with Crippen LogP contribution in [0.3, 0.4) is 0 Å². The van der Waals surface area contributed by atoms with E-state index in [0.717, 1.165) is 37.1 Å². The highest BCUT2D eigenvalue weighted by Gasteiger charge is 2.32. The Bertz CT molecular complexity index is 924. The number of sulfonamides is 1. The summed E-state index contributed by atoms with van der Waals surface area (Å²) in [4.78, 5) is -0.210. The van der Waals surface area contributed by atoms with Crippen molar-refractivity contribution in [1.29, 1.82) is 0 Å². The maximum absolute atomic E-state index is 13.8. The fourth-order valence-corrected chi connectivity index (χ4v) is 4.51. The Labute approximate surface area is 168 Å². The van der Waals surface area contributed by atoms with E-state index in [-0.39, 0.29) is 4.90 Å². The van der Waals surface area contributed by atoms with Crippen molar-refractivity contribution in [3.63, 3.8) is 0 Å². The molecule has 3 rings (SSSR count). The molecule has 0 heterocycles. The Morgan fingerprint density at radius 2 is 1.79 bits per heavy atom. The number of halogens is 5.